The Kier molecular flexibility index (Phi) is 4.85. The zero-order valence-corrected chi connectivity index (χ0v) is 8.35. The molecule has 0 amide bonds. The van der Waals surface area contributed by atoms with Crippen LogP contribution in [0, 0.1) is 0 Å². The van der Waals surface area contributed by atoms with Crippen molar-refractivity contribution in [2.24, 2.45) is 0 Å². The number of Topliss-reactive ketones (excluding diaryl/α,β-unsaturated/α-hetero) is 1. The third-order valence-electron chi connectivity index (χ3n) is 1.75. The van der Waals surface area contributed by atoms with Gasteiger partial charge in [-0.25, -0.2) is 0 Å². The van der Waals surface area contributed by atoms with Gasteiger partial charge in [0.1, 0.15) is 5.78 Å². The zero-order valence-electron chi connectivity index (χ0n) is 8.35. The summed E-state index contributed by atoms with van der Waals surface area (Å²) < 4.78 is 7.02. The van der Waals surface area contributed by atoms with Gasteiger partial charge in [-0.15, -0.1) is 5.10 Å². The fraction of sp³-hybridized carbons (Fsp3) is 0.667. The van der Waals surface area contributed by atoms with E-state index < -0.39 is 0 Å². The molecule has 5 nitrogen and oxygen atoms in total. The van der Waals surface area contributed by atoms with E-state index in [1.165, 1.54) is 0 Å². The van der Waals surface area contributed by atoms with E-state index >= 15 is 0 Å². The van der Waals surface area contributed by atoms with Gasteiger partial charge in [0.2, 0.25) is 0 Å². The van der Waals surface area contributed by atoms with Gasteiger partial charge in [-0.3, -0.25) is 9.48 Å². The molecular weight excluding hydrogens is 182 g/mol. The average molecular weight is 197 g/mol. The number of hydrogen-bond acceptors (Lipinski definition) is 4. The number of aromatic nitrogens is 3. The van der Waals surface area contributed by atoms with E-state index in [4.69, 9.17) is 4.74 Å². The summed E-state index contributed by atoms with van der Waals surface area (Å²) in [6.45, 7) is 3.55. The van der Waals surface area contributed by atoms with Crippen LogP contribution >= 0.6 is 0 Å². The third-order valence-corrected chi connectivity index (χ3v) is 1.75. The van der Waals surface area contributed by atoms with Crippen molar-refractivity contribution >= 4 is 5.78 Å². The Morgan fingerprint density at radius 2 is 2.36 bits per heavy atom. The molecule has 0 radical (unpaired) electrons. The van der Waals surface area contributed by atoms with E-state index in [0.717, 1.165) is 13.0 Å². The number of nitrogens with zero attached hydrogens (tertiary/aromatic N) is 3. The number of rotatable bonds is 7. The second kappa shape index (κ2) is 6.26. The molecule has 0 saturated heterocycles. The highest BCUT2D eigenvalue weighted by atomic mass is 16.5. The van der Waals surface area contributed by atoms with E-state index in [2.05, 4.69) is 10.3 Å². The van der Waals surface area contributed by atoms with E-state index in [-0.39, 0.29) is 5.78 Å². The lowest BCUT2D eigenvalue weighted by molar-refractivity contribution is -0.118. The SMILES string of the molecule is CC(=O)CCOCCCn1ccnn1. The maximum Gasteiger partial charge on any atom is 0.132 e. The normalized spacial score (nSPS) is 10.4. The first kappa shape index (κ1) is 10.8. The highest BCUT2D eigenvalue weighted by Gasteiger charge is 1.94. The van der Waals surface area contributed by atoms with Crippen LogP contribution in [-0.2, 0) is 16.1 Å². The van der Waals surface area contributed by atoms with Crippen LogP contribution < -0.4 is 0 Å². The molecule has 5 heteroatoms. The van der Waals surface area contributed by atoms with Gasteiger partial charge in [-0.1, -0.05) is 5.21 Å². The Hall–Kier alpha value is -1.23. The van der Waals surface area contributed by atoms with E-state index in [1.807, 2.05) is 6.20 Å². The quantitative estimate of drug-likeness (QED) is 0.603. The summed E-state index contributed by atoms with van der Waals surface area (Å²) in [6.07, 6.45) is 4.86. The van der Waals surface area contributed by atoms with E-state index in [1.54, 1.807) is 17.8 Å². The highest BCUT2D eigenvalue weighted by Crippen LogP contribution is 1.90. The summed E-state index contributed by atoms with van der Waals surface area (Å²) >= 11 is 0. The Morgan fingerprint density at radius 3 is 3.00 bits per heavy atom. The summed E-state index contributed by atoms with van der Waals surface area (Å²) in [7, 11) is 0. The fourth-order valence-corrected chi connectivity index (χ4v) is 0.999. The van der Waals surface area contributed by atoms with Gasteiger partial charge >= 0.3 is 0 Å². The lowest BCUT2D eigenvalue weighted by Gasteiger charge is -2.02. The van der Waals surface area contributed by atoms with Gasteiger partial charge < -0.3 is 4.74 Å². The molecule has 1 aromatic heterocycles. The van der Waals surface area contributed by atoms with Crippen LogP contribution in [0.5, 0.6) is 0 Å². The average Bonchev–Trinajstić information content (AvgIpc) is 2.63. The topological polar surface area (TPSA) is 57.0 Å². The molecule has 1 heterocycles. The van der Waals surface area contributed by atoms with Crippen LogP contribution in [0.2, 0.25) is 0 Å². The van der Waals surface area contributed by atoms with Crippen molar-refractivity contribution in [1.82, 2.24) is 15.0 Å². The molecule has 0 aliphatic rings. The lowest BCUT2D eigenvalue weighted by Crippen LogP contribution is -2.05. The molecular formula is C9H15N3O2. The Balaban J connectivity index is 1.92. The van der Waals surface area contributed by atoms with Gasteiger partial charge in [0.05, 0.1) is 12.8 Å². The first-order valence-electron chi connectivity index (χ1n) is 4.70. The molecule has 0 aliphatic heterocycles. The molecule has 0 N–H and O–H groups in total. The molecule has 78 valence electrons. The van der Waals surface area contributed by atoms with Crippen LogP contribution in [-0.4, -0.2) is 34.0 Å². The third kappa shape index (κ3) is 4.71. The van der Waals surface area contributed by atoms with Gasteiger partial charge in [-0.05, 0) is 13.3 Å². The number of carbonyl (C=O) groups is 1. The number of aryl methyl sites for hydroxylation is 1. The molecule has 0 aromatic carbocycles. The van der Waals surface area contributed by atoms with E-state index in [0.29, 0.717) is 19.6 Å². The summed E-state index contributed by atoms with van der Waals surface area (Å²) in [6, 6.07) is 0. The van der Waals surface area contributed by atoms with Crippen molar-refractivity contribution in [3.63, 3.8) is 0 Å². The standard InChI is InChI=1S/C9H15N3O2/c1-9(13)3-8-14-7-2-5-12-6-4-10-11-12/h4,6H,2-3,5,7-8H2,1H3. The Morgan fingerprint density at radius 1 is 1.50 bits per heavy atom. The first-order chi connectivity index (χ1) is 6.79. The van der Waals surface area contributed by atoms with Gasteiger partial charge in [0, 0.05) is 25.8 Å². The van der Waals surface area contributed by atoms with Crippen molar-refractivity contribution in [3.05, 3.63) is 12.4 Å². The molecule has 0 saturated carbocycles. The predicted molar refractivity (Wildman–Crippen MR) is 50.8 cm³/mol. The predicted octanol–water partition coefficient (Wildman–Crippen LogP) is 0.664. The van der Waals surface area contributed by atoms with Crippen LogP contribution in [0.4, 0.5) is 0 Å². The van der Waals surface area contributed by atoms with Gasteiger partial charge in [0.15, 0.2) is 0 Å². The molecule has 0 spiro atoms. The molecule has 0 atom stereocenters. The molecule has 0 bridgehead atoms. The maximum absolute atomic E-state index is 10.6. The monoisotopic (exact) mass is 197 g/mol. The van der Waals surface area contributed by atoms with Crippen molar-refractivity contribution in [2.45, 2.75) is 26.3 Å². The number of ether oxygens (including phenoxy) is 1. The minimum atomic E-state index is 0.168. The van der Waals surface area contributed by atoms with Crippen molar-refractivity contribution < 1.29 is 9.53 Å². The second-order valence-corrected chi connectivity index (χ2v) is 3.08. The Bertz CT molecular complexity index is 259. The van der Waals surface area contributed by atoms with Crippen LogP contribution in [0.1, 0.15) is 19.8 Å². The molecule has 14 heavy (non-hydrogen) atoms. The van der Waals surface area contributed by atoms with Crippen LogP contribution in [0.15, 0.2) is 12.4 Å². The van der Waals surface area contributed by atoms with E-state index in [9.17, 15) is 4.79 Å². The fourth-order valence-electron chi connectivity index (χ4n) is 0.999. The second-order valence-electron chi connectivity index (χ2n) is 3.08. The van der Waals surface area contributed by atoms with Crippen molar-refractivity contribution in [1.29, 1.82) is 0 Å². The summed E-state index contributed by atoms with van der Waals surface area (Å²) in [5, 5.41) is 7.51. The number of ketones is 1. The summed E-state index contributed by atoms with van der Waals surface area (Å²) in [5.74, 6) is 0.168. The summed E-state index contributed by atoms with van der Waals surface area (Å²) in [5.41, 5.74) is 0. The number of carbonyl (C=O) groups excluding carboxylic acids is 1. The van der Waals surface area contributed by atoms with Gasteiger partial charge in [0.25, 0.3) is 0 Å². The van der Waals surface area contributed by atoms with Crippen molar-refractivity contribution in [3.8, 4) is 0 Å². The minimum absolute atomic E-state index is 0.168. The Labute approximate surface area is 83.1 Å². The van der Waals surface area contributed by atoms with Crippen molar-refractivity contribution in [2.75, 3.05) is 13.2 Å². The molecule has 0 fully saturated rings. The largest absolute Gasteiger partial charge is 0.381 e. The smallest absolute Gasteiger partial charge is 0.132 e. The van der Waals surface area contributed by atoms with Crippen LogP contribution in [0.3, 0.4) is 0 Å². The minimum Gasteiger partial charge on any atom is -0.381 e. The lowest BCUT2D eigenvalue weighted by atomic mass is 10.3. The highest BCUT2D eigenvalue weighted by molar-refractivity contribution is 5.75. The number of hydrogen-bond donors (Lipinski definition) is 0. The molecule has 0 aliphatic carbocycles. The first-order valence-corrected chi connectivity index (χ1v) is 4.70. The molecule has 1 aromatic rings. The molecule has 0 unspecified atom stereocenters. The summed E-state index contributed by atoms with van der Waals surface area (Å²) in [4.78, 5) is 10.6. The zero-order chi connectivity index (χ0) is 10.2. The maximum atomic E-state index is 10.6. The van der Waals surface area contributed by atoms with Gasteiger partial charge in [-0.2, -0.15) is 0 Å². The molecule has 1 rings (SSSR count). The van der Waals surface area contributed by atoms with Crippen LogP contribution in [0.25, 0.3) is 0 Å².